The van der Waals surface area contributed by atoms with Gasteiger partial charge in [-0.2, -0.15) is 0 Å². The summed E-state index contributed by atoms with van der Waals surface area (Å²) in [7, 11) is 0. The van der Waals surface area contributed by atoms with E-state index in [1.807, 2.05) is 43.3 Å². The second kappa shape index (κ2) is 13.8. The van der Waals surface area contributed by atoms with Crippen molar-refractivity contribution in [3.63, 3.8) is 0 Å². The number of imide groups is 1. The monoisotopic (exact) mass is 684 g/mol. The third-order valence-electron chi connectivity index (χ3n) is 8.70. The molecule has 2 aliphatic heterocycles. The van der Waals surface area contributed by atoms with Gasteiger partial charge in [0.15, 0.2) is 0 Å². The normalized spacial score (nSPS) is 18.3. The molecule has 3 atom stereocenters. The van der Waals surface area contributed by atoms with Crippen molar-refractivity contribution in [3.8, 4) is 0 Å². The highest BCUT2D eigenvalue weighted by atomic mass is 32.2. The molecule has 3 heterocycles. The molecule has 48 heavy (non-hydrogen) atoms. The van der Waals surface area contributed by atoms with E-state index in [0.717, 1.165) is 41.2 Å². The highest BCUT2D eigenvalue weighted by molar-refractivity contribution is 8.00. The topological polar surface area (TPSA) is 118 Å². The number of ether oxygens (including phenoxy) is 1. The van der Waals surface area contributed by atoms with Crippen LogP contribution in [0.2, 0.25) is 0 Å². The van der Waals surface area contributed by atoms with Crippen molar-refractivity contribution in [1.82, 2.24) is 4.57 Å². The van der Waals surface area contributed by atoms with E-state index in [1.165, 1.54) is 21.2 Å². The molecule has 1 N–H and O–H groups in total. The molecule has 3 aromatic carbocycles. The van der Waals surface area contributed by atoms with Crippen LogP contribution in [0.15, 0.2) is 82.6 Å². The zero-order chi connectivity index (χ0) is 34.1. The first-order valence-corrected chi connectivity index (χ1v) is 17.6. The van der Waals surface area contributed by atoms with Crippen molar-refractivity contribution < 1.29 is 23.9 Å². The lowest BCUT2D eigenvalue weighted by molar-refractivity contribution is -0.122. The van der Waals surface area contributed by atoms with Crippen molar-refractivity contribution in [2.24, 2.45) is 5.92 Å². The predicted molar refractivity (Wildman–Crippen MR) is 188 cm³/mol. The van der Waals surface area contributed by atoms with Crippen LogP contribution in [0.1, 0.15) is 53.1 Å². The SMILES string of the molecule is CCOC(=O)c1ccc(NC(=O)Cn2c3c(sc2=O)[C@H](c2ccc(N(CC)CC)cc2)C2C(=O)N(c4ccc(C)cc4)C(=O)C2S3)cc1. The van der Waals surface area contributed by atoms with Crippen LogP contribution in [0.4, 0.5) is 17.1 Å². The number of anilines is 3. The number of hydrogen-bond acceptors (Lipinski definition) is 9. The minimum atomic E-state index is -0.780. The fourth-order valence-corrected chi connectivity index (χ4v) is 9.07. The van der Waals surface area contributed by atoms with Crippen LogP contribution in [0.5, 0.6) is 0 Å². The molecular formula is C36H36N4O6S2. The average molecular weight is 685 g/mol. The average Bonchev–Trinajstić information content (AvgIpc) is 3.52. The number of aromatic nitrogens is 1. The van der Waals surface area contributed by atoms with Crippen LogP contribution in [0.25, 0.3) is 0 Å². The molecule has 1 aromatic heterocycles. The van der Waals surface area contributed by atoms with Gasteiger partial charge in [-0.25, -0.2) is 9.69 Å². The zero-order valence-electron chi connectivity index (χ0n) is 27.1. The van der Waals surface area contributed by atoms with Gasteiger partial charge in [0.1, 0.15) is 11.8 Å². The standard InChI is InChI=1S/C36H36N4O6S2/c1-5-38(6-2)25-18-12-22(13-19-25)28-29-30(33(43)40(32(29)42)26-16-8-21(4)9-17-26)47-34-31(28)48-36(45)39(34)20-27(41)37-24-14-10-23(11-15-24)35(44)46-7-3/h8-19,28-30H,5-7,20H2,1-4H3,(H,37,41)/t28-,29?,30?/m1/s1. The Labute approximate surface area is 286 Å². The Morgan fingerprint density at radius 3 is 2.17 bits per heavy atom. The maximum Gasteiger partial charge on any atom is 0.338 e. The maximum atomic E-state index is 14.2. The van der Waals surface area contributed by atoms with E-state index in [1.54, 1.807) is 43.3 Å². The van der Waals surface area contributed by atoms with Gasteiger partial charge < -0.3 is 15.0 Å². The van der Waals surface area contributed by atoms with Crippen LogP contribution >= 0.6 is 23.1 Å². The summed E-state index contributed by atoms with van der Waals surface area (Å²) in [6.07, 6.45) is 0. The lowest BCUT2D eigenvalue weighted by atomic mass is 9.83. The summed E-state index contributed by atoms with van der Waals surface area (Å²) >= 11 is 2.19. The Morgan fingerprint density at radius 2 is 1.54 bits per heavy atom. The van der Waals surface area contributed by atoms with Gasteiger partial charge in [0.25, 0.3) is 0 Å². The molecule has 4 aromatic rings. The number of aryl methyl sites for hydroxylation is 1. The van der Waals surface area contributed by atoms with Gasteiger partial charge in [0, 0.05) is 35.3 Å². The van der Waals surface area contributed by atoms with E-state index in [2.05, 4.69) is 24.1 Å². The summed E-state index contributed by atoms with van der Waals surface area (Å²) in [6, 6.07) is 21.6. The molecule has 1 fully saturated rings. The number of fused-ring (bicyclic) bond motifs is 2. The largest absolute Gasteiger partial charge is 0.462 e. The molecule has 0 spiro atoms. The van der Waals surface area contributed by atoms with Crippen LogP contribution in [0, 0.1) is 12.8 Å². The van der Waals surface area contributed by atoms with Crippen molar-refractivity contribution in [2.75, 3.05) is 34.8 Å². The Balaban J connectivity index is 1.35. The third kappa shape index (κ3) is 6.17. The van der Waals surface area contributed by atoms with Gasteiger partial charge in [0.2, 0.25) is 17.7 Å². The molecule has 6 rings (SSSR count). The van der Waals surface area contributed by atoms with Crippen molar-refractivity contribution in [1.29, 1.82) is 0 Å². The summed E-state index contributed by atoms with van der Waals surface area (Å²) in [6.45, 7) is 9.48. The highest BCUT2D eigenvalue weighted by Crippen LogP contribution is 2.54. The highest BCUT2D eigenvalue weighted by Gasteiger charge is 2.56. The number of amides is 3. The summed E-state index contributed by atoms with van der Waals surface area (Å²) in [5.74, 6) is -2.83. The summed E-state index contributed by atoms with van der Waals surface area (Å²) in [5, 5.41) is 2.53. The van der Waals surface area contributed by atoms with Crippen molar-refractivity contribution in [3.05, 3.63) is 104 Å². The van der Waals surface area contributed by atoms with Gasteiger partial charge >= 0.3 is 10.8 Å². The first-order valence-electron chi connectivity index (χ1n) is 15.9. The summed E-state index contributed by atoms with van der Waals surface area (Å²) in [5.41, 5.74) is 4.20. The number of hydrogen-bond donors (Lipinski definition) is 1. The smallest absolute Gasteiger partial charge is 0.338 e. The number of nitrogens with zero attached hydrogens (tertiary/aromatic N) is 3. The molecule has 12 heteroatoms. The first-order chi connectivity index (χ1) is 23.1. The Bertz CT molecular complexity index is 1910. The molecule has 0 radical (unpaired) electrons. The lowest BCUT2D eigenvalue weighted by Crippen LogP contribution is -2.33. The van der Waals surface area contributed by atoms with Gasteiger partial charge in [-0.3, -0.25) is 23.7 Å². The number of carbonyl (C=O) groups is 4. The fraction of sp³-hybridized carbons (Fsp3) is 0.306. The first kappa shape index (κ1) is 33.2. The molecule has 3 amide bonds. The Kier molecular flexibility index (Phi) is 9.56. The van der Waals surface area contributed by atoms with Crippen LogP contribution in [-0.2, 0) is 25.7 Å². The predicted octanol–water partition coefficient (Wildman–Crippen LogP) is 5.68. The van der Waals surface area contributed by atoms with E-state index < -0.39 is 29.0 Å². The number of nitrogens with one attached hydrogen (secondary N) is 1. The number of rotatable bonds is 10. The van der Waals surface area contributed by atoms with Crippen LogP contribution in [-0.4, -0.2) is 53.2 Å². The quantitative estimate of drug-likeness (QED) is 0.168. The van der Waals surface area contributed by atoms with E-state index in [-0.39, 0.29) is 29.8 Å². The van der Waals surface area contributed by atoms with E-state index in [9.17, 15) is 24.0 Å². The second-order valence-corrected chi connectivity index (χ2v) is 13.7. The minimum Gasteiger partial charge on any atom is -0.462 e. The van der Waals surface area contributed by atoms with Gasteiger partial charge in [-0.1, -0.05) is 52.9 Å². The van der Waals surface area contributed by atoms with E-state index in [0.29, 0.717) is 26.8 Å². The lowest BCUT2D eigenvalue weighted by Gasteiger charge is -2.31. The number of thioether (sulfide) groups is 1. The summed E-state index contributed by atoms with van der Waals surface area (Å²) < 4.78 is 6.41. The van der Waals surface area contributed by atoms with Gasteiger partial charge in [-0.15, -0.1) is 0 Å². The van der Waals surface area contributed by atoms with Crippen LogP contribution < -0.4 is 20.0 Å². The Morgan fingerprint density at radius 1 is 0.875 bits per heavy atom. The van der Waals surface area contributed by atoms with E-state index in [4.69, 9.17) is 4.74 Å². The molecule has 2 aliphatic rings. The number of carbonyl (C=O) groups excluding carboxylic acids is 4. The molecule has 2 unspecified atom stereocenters. The molecule has 248 valence electrons. The third-order valence-corrected chi connectivity index (χ3v) is 11.3. The summed E-state index contributed by atoms with van der Waals surface area (Å²) in [4.78, 5) is 70.8. The number of benzene rings is 3. The zero-order valence-corrected chi connectivity index (χ0v) is 28.7. The molecular weight excluding hydrogens is 649 g/mol. The number of esters is 1. The fourth-order valence-electron chi connectivity index (χ4n) is 6.29. The second-order valence-electron chi connectivity index (χ2n) is 11.6. The van der Waals surface area contributed by atoms with E-state index >= 15 is 0 Å². The number of thiazole rings is 1. The van der Waals surface area contributed by atoms with Crippen molar-refractivity contribution >= 4 is 63.9 Å². The molecule has 0 bridgehead atoms. The minimum absolute atomic E-state index is 0.253. The maximum absolute atomic E-state index is 14.2. The molecule has 0 saturated carbocycles. The molecule has 1 saturated heterocycles. The molecule has 10 nitrogen and oxygen atoms in total. The van der Waals surface area contributed by atoms with Gasteiger partial charge in [-0.05, 0) is 81.8 Å². The van der Waals surface area contributed by atoms with Crippen molar-refractivity contribution in [2.45, 2.75) is 50.4 Å². The van der Waals surface area contributed by atoms with Crippen LogP contribution in [0.3, 0.4) is 0 Å². The molecule has 0 aliphatic carbocycles. The van der Waals surface area contributed by atoms with Gasteiger partial charge in [0.05, 0.1) is 28.8 Å². The Hall–Kier alpha value is -4.68.